The van der Waals surface area contributed by atoms with Gasteiger partial charge in [0.05, 0.1) is 0 Å². The Balaban J connectivity index is 1.59. The number of piperazine rings is 1. The molecule has 3 N–H and O–H groups in total. The fourth-order valence-electron chi connectivity index (χ4n) is 2.95. The molecule has 132 valence electrons. The number of amides is 1. The molecule has 0 saturated carbocycles. The third-order valence-electron chi connectivity index (χ3n) is 4.76. The maximum absolute atomic E-state index is 12.4. The Morgan fingerprint density at radius 2 is 1.76 bits per heavy atom. The van der Waals surface area contributed by atoms with Crippen LogP contribution in [0.1, 0.15) is 21.5 Å². The summed E-state index contributed by atoms with van der Waals surface area (Å²) in [6, 6.07) is 13.4. The molecule has 0 unspecified atom stereocenters. The van der Waals surface area contributed by atoms with Gasteiger partial charge < -0.3 is 16.0 Å². The SMILES string of the molecule is Cc1ccc(NC(=O)c2ccc(CN3CCN(C)CC3)cc2)cc1N. The molecule has 0 bridgehead atoms. The second kappa shape index (κ2) is 7.68. The number of carbonyl (C=O) groups is 1. The Labute approximate surface area is 149 Å². The summed E-state index contributed by atoms with van der Waals surface area (Å²) in [5, 5.41) is 2.90. The van der Waals surface area contributed by atoms with Crippen molar-refractivity contribution in [2.45, 2.75) is 13.5 Å². The lowest BCUT2D eigenvalue weighted by molar-refractivity contribution is 0.102. The molecule has 0 spiro atoms. The van der Waals surface area contributed by atoms with Gasteiger partial charge in [-0.05, 0) is 49.4 Å². The first-order valence-corrected chi connectivity index (χ1v) is 8.68. The molecule has 0 atom stereocenters. The number of anilines is 2. The van der Waals surface area contributed by atoms with E-state index in [1.54, 1.807) is 6.07 Å². The monoisotopic (exact) mass is 338 g/mol. The second-order valence-electron chi connectivity index (χ2n) is 6.80. The number of nitrogens with zero attached hydrogens (tertiary/aromatic N) is 2. The molecule has 1 fully saturated rings. The van der Waals surface area contributed by atoms with E-state index in [1.165, 1.54) is 5.56 Å². The van der Waals surface area contributed by atoms with Crippen LogP contribution in [-0.2, 0) is 6.54 Å². The fourth-order valence-corrected chi connectivity index (χ4v) is 2.95. The standard InChI is InChI=1S/C20H26N4O/c1-15-3-8-18(13-19(15)21)22-20(25)17-6-4-16(5-7-17)14-24-11-9-23(2)10-12-24/h3-8,13H,9-12,14,21H2,1-2H3,(H,22,25). The van der Waals surface area contributed by atoms with Crippen molar-refractivity contribution >= 4 is 17.3 Å². The van der Waals surface area contributed by atoms with E-state index >= 15 is 0 Å². The van der Waals surface area contributed by atoms with Gasteiger partial charge in [-0.15, -0.1) is 0 Å². The zero-order valence-electron chi connectivity index (χ0n) is 15.0. The van der Waals surface area contributed by atoms with Crippen LogP contribution in [0.3, 0.4) is 0 Å². The Morgan fingerprint density at radius 3 is 2.40 bits per heavy atom. The van der Waals surface area contributed by atoms with Crippen molar-refractivity contribution in [1.82, 2.24) is 9.80 Å². The largest absolute Gasteiger partial charge is 0.398 e. The van der Waals surface area contributed by atoms with Crippen molar-refractivity contribution in [3.63, 3.8) is 0 Å². The van der Waals surface area contributed by atoms with Crippen molar-refractivity contribution in [3.05, 3.63) is 59.2 Å². The van der Waals surface area contributed by atoms with Crippen LogP contribution in [-0.4, -0.2) is 48.9 Å². The molecule has 1 aliphatic rings. The number of hydrogen-bond acceptors (Lipinski definition) is 4. The van der Waals surface area contributed by atoms with E-state index in [1.807, 2.05) is 43.3 Å². The summed E-state index contributed by atoms with van der Waals surface area (Å²) >= 11 is 0. The number of likely N-dealkylation sites (N-methyl/N-ethyl adjacent to an activating group) is 1. The lowest BCUT2D eigenvalue weighted by Crippen LogP contribution is -2.43. The van der Waals surface area contributed by atoms with E-state index in [2.05, 4.69) is 22.2 Å². The molecule has 1 amide bonds. The van der Waals surface area contributed by atoms with E-state index in [-0.39, 0.29) is 5.91 Å². The van der Waals surface area contributed by atoms with Crippen LogP contribution in [0, 0.1) is 6.92 Å². The first-order valence-electron chi connectivity index (χ1n) is 8.68. The molecular formula is C20H26N4O. The topological polar surface area (TPSA) is 61.6 Å². The van der Waals surface area contributed by atoms with Gasteiger partial charge in [-0.1, -0.05) is 18.2 Å². The van der Waals surface area contributed by atoms with Crippen LogP contribution in [0.15, 0.2) is 42.5 Å². The number of hydrogen-bond donors (Lipinski definition) is 2. The molecule has 3 rings (SSSR count). The second-order valence-corrected chi connectivity index (χ2v) is 6.80. The zero-order valence-corrected chi connectivity index (χ0v) is 15.0. The predicted molar refractivity (Wildman–Crippen MR) is 103 cm³/mol. The molecule has 0 aromatic heterocycles. The summed E-state index contributed by atoms with van der Waals surface area (Å²) in [4.78, 5) is 17.2. The van der Waals surface area contributed by atoms with Crippen LogP contribution < -0.4 is 11.1 Å². The molecule has 5 nitrogen and oxygen atoms in total. The van der Waals surface area contributed by atoms with Gasteiger partial charge in [0.25, 0.3) is 5.91 Å². The Morgan fingerprint density at radius 1 is 1.08 bits per heavy atom. The third-order valence-corrected chi connectivity index (χ3v) is 4.76. The number of nitrogens with one attached hydrogen (secondary N) is 1. The summed E-state index contributed by atoms with van der Waals surface area (Å²) in [5.41, 5.74) is 10.2. The van der Waals surface area contributed by atoms with Crippen LogP contribution in [0.4, 0.5) is 11.4 Å². The molecule has 25 heavy (non-hydrogen) atoms. The molecule has 5 heteroatoms. The fraction of sp³-hybridized carbons (Fsp3) is 0.350. The average Bonchev–Trinajstić information content (AvgIpc) is 2.61. The average molecular weight is 338 g/mol. The van der Waals surface area contributed by atoms with Crippen molar-refractivity contribution in [2.75, 3.05) is 44.3 Å². The first-order chi connectivity index (χ1) is 12.0. The van der Waals surface area contributed by atoms with Crippen molar-refractivity contribution in [3.8, 4) is 0 Å². The summed E-state index contributed by atoms with van der Waals surface area (Å²) in [6.07, 6.45) is 0. The molecule has 0 aliphatic carbocycles. The Bertz CT molecular complexity index is 734. The van der Waals surface area contributed by atoms with Gasteiger partial charge in [0.2, 0.25) is 0 Å². The summed E-state index contributed by atoms with van der Waals surface area (Å²) < 4.78 is 0. The molecule has 1 heterocycles. The number of nitrogens with two attached hydrogens (primary N) is 1. The number of nitrogen functional groups attached to an aromatic ring is 1. The smallest absolute Gasteiger partial charge is 0.255 e. The van der Waals surface area contributed by atoms with E-state index in [9.17, 15) is 4.79 Å². The Hall–Kier alpha value is -2.37. The van der Waals surface area contributed by atoms with Gasteiger partial charge in [0.15, 0.2) is 0 Å². The predicted octanol–water partition coefficient (Wildman–Crippen LogP) is 2.58. The summed E-state index contributed by atoms with van der Waals surface area (Å²) in [5.74, 6) is -0.116. The minimum atomic E-state index is -0.116. The van der Waals surface area contributed by atoms with Crippen LogP contribution in [0.2, 0.25) is 0 Å². The normalized spacial score (nSPS) is 15.9. The maximum Gasteiger partial charge on any atom is 0.255 e. The van der Waals surface area contributed by atoms with E-state index in [0.717, 1.165) is 44.0 Å². The summed E-state index contributed by atoms with van der Waals surface area (Å²) in [6.45, 7) is 7.28. The van der Waals surface area contributed by atoms with Crippen molar-refractivity contribution in [1.29, 1.82) is 0 Å². The van der Waals surface area contributed by atoms with Crippen molar-refractivity contribution in [2.24, 2.45) is 0 Å². The van der Waals surface area contributed by atoms with Crippen LogP contribution in [0.25, 0.3) is 0 Å². The number of rotatable bonds is 4. The molecule has 2 aromatic rings. The first kappa shape index (κ1) is 17.5. The number of benzene rings is 2. The minimum Gasteiger partial charge on any atom is -0.398 e. The highest BCUT2D eigenvalue weighted by atomic mass is 16.1. The highest BCUT2D eigenvalue weighted by molar-refractivity contribution is 6.04. The Kier molecular flexibility index (Phi) is 5.36. The molecular weight excluding hydrogens is 312 g/mol. The van der Waals surface area contributed by atoms with Gasteiger partial charge >= 0.3 is 0 Å². The third kappa shape index (κ3) is 4.59. The highest BCUT2D eigenvalue weighted by Crippen LogP contribution is 2.18. The van der Waals surface area contributed by atoms with Gasteiger partial charge in [-0.3, -0.25) is 9.69 Å². The van der Waals surface area contributed by atoms with Gasteiger partial charge in [0.1, 0.15) is 0 Å². The van der Waals surface area contributed by atoms with Crippen molar-refractivity contribution < 1.29 is 4.79 Å². The van der Waals surface area contributed by atoms with E-state index in [4.69, 9.17) is 5.73 Å². The zero-order chi connectivity index (χ0) is 17.8. The lowest BCUT2D eigenvalue weighted by Gasteiger charge is -2.32. The molecule has 1 aliphatic heterocycles. The molecule has 0 radical (unpaired) electrons. The van der Waals surface area contributed by atoms with E-state index < -0.39 is 0 Å². The molecule has 2 aromatic carbocycles. The maximum atomic E-state index is 12.4. The summed E-state index contributed by atoms with van der Waals surface area (Å²) in [7, 11) is 2.16. The van der Waals surface area contributed by atoms with Gasteiger partial charge in [0, 0.05) is 49.7 Å². The number of aryl methyl sites for hydroxylation is 1. The van der Waals surface area contributed by atoms with E-state index in [0.29, 0.717) is 11.3 Å². The van der Waals surface area contributed by atoms with Gasteiger partial charge in [-0.2, -0.15) is 0 Å². The minimum absolute atomic E-state index is 0.116. The van der Waals surface area contributed by atoms with Crippen LogP contribution in [0.5, 0.6) is 0 Å². The quantitative estimate of drug-likeness (QED) is 0.841. The molecule has 1 saturated heterocycles. The highest BCUT2D eigenvalue weighted by Gasteiger charge is 2.14. The van der Waals surface area contributed by atoms with Gasteiger partial charge in [-0.25, -0.2) is 0 Å². The van der Waals surface area contributed by atoms with Crippen LogP contribution >= 0.6 is 0 Å². The number of carbonyl (C=O) groups excluding carboxylic acids is 1. The lowest BCUT2D eigenvalue weighted by atomic mass is 10.1.